The summed E-state index contributed by atoms with van der Waals surface area (Å²) in [5, 5.41) is 5.82. The molecule has 2 unspecified atom stereocenters. The Bertz CT molecular complexity index is 1090. The summed E-state index contributed by atoms with van der Waals surface area (Å²) < 4.78 is 12.5. The largest absolute Gasteiger partial charge is 0.349 e. The van der Waals surface area contributed by atoms with Gasteiger partial charge in [0.1, 0.15) is 10.0 Å². The van der Waals surface area contributed by atoms with Gasteiger partial charge in [-0.05, 0) is 55.7 Å². The molecule has 2 saturated carbocycles. The van der Waals surface area contributed by atoms with Crippen LogP contribution in [0.25, 0.3) is 0 Å². The third kappa shape index (κ3) is 4.48. The van der Waals surface area contributed by atoms with E-state index >= 15 is 0 Å². The molecule has 2 aromatic rings. The predicted octanol–water partition coefficient (Wildman–Crippen LogP) is 6.10. The van der Waals surface area contributed by atoms with Crippen molar-refractivity contribution in [3.63, 3.8) is 0 Å². The number of rotatable bonds is 5. The number of benzene rings is 2. The lowest BCUT2D eigenvalue weighted by atomic mass is 9.79. The van der Waals surface area contributed by atoms with Crippen LogP contribution in [0.15, 0.2) is 36.4 Å². The van der Waals surface area contributed by atoms with Crippen molar-refractivity contribution < 1.29 is 14.0 Å². The summed E-state index contributed by atoms with van der Waals surface area (Å²) in [6.07, 6.45) is 0.531. The van der Waals surface area contributed by atoms with Gasteiger partial charge < -0.3 is 10.6 Å². The van der Waals surface area contributed by atoms with Crippen LogP contribution in [0.4, 0.5) is 10.1 Å². The molecule has 0 spiro atoms. The maximum atomic E-state index is 13.7. The summed E-state index contributed by atoms with van der Waals surface area (Å²) in [6.45, 7) is 5.52. The van der Waals surface area contributed by atoms with E-state index in [4.69, 9.17) is 34.8 Å². The fourth-order valence-electron chi connectivity index (χ4n) is 4.36. The van der Waals surface area contributed by atoms with Gasteiger partial charge in [0.05, 0.1) is 16.5 Å². The van der Waals surface area contributed by atoms with E-state index < -0.39 is 21.8 Å². The van der Waals surface area contributed by atoms with Crippen LogP contribution >= 0.6 is 34.8 Å². The highest BCUT2D eigenvalue weighted by Crippen LogP contribution is 2.65. The zero-order chi connectivity index (χ0) is 23.4. The van der Waals surface area contributed by atoms with Gasteiger partial charge in [0.15, 0.2) is 0 Å². The zero-order valence-electron chi connectivity index (χ0n) is 17.9. The average Bonchev–Trinajstić information content (AvgIpc) is 3.26. The summed E-state index contributed by atoms with van der Waals surface area (Å²) in [4.78, 5) is 25.5. The van der Waals surface area contributed by atoms with E-state index in [0.717, 1.165) is 16.7 Å². The third-order valence-electron chi connectivity index (χ3n) is 6.38. The number of hydrogen-bond donors (Lipinski definition) is 2. The van der Waals surface area contributed by atoms with E-state index in [9.17, 15) is 14.0 Å². The molecule has 2 fully saturated rings. The second-order valence-electron chi connectivity index (χ2n) is 9.15. The molecule has 0 aromatic heterocycles. The minimum absolute atomic E-state index is 0.210. The summed E-state index contributed by atoms with van der Waals surface area (Å²) in [7, 11) is 0. The molecule has 2 N–H and O–H groups in total. The number of alkyl halides is 3. The summed E-state index contributed by atoms with van der Waals surface area (Å²) in [6, 6.07) is 10.3. The molecule has 170 valence electrons. The molecule has 8 heteroatoms. The average molecular weight is 498 g/mol. The van der Waals surface area contributed by atoms with Gasteiger partial charge in [-0.25, -0.2) is 4.39 Å². The summed E-state index contributed by atoms with van der Waals surface area (Å²) in [5.41, 5.74) is 2.53. The molecule has 0 heterocycles. The third-order valence-corrected chi connectivity index (χ3v) is 7.65. The lowest BCUT2D eigenvalue weighted by molar-refractivity contribution is -0.117. The van der Waals surface area contributed by atoms with Crippen molar-refractivity contribution in [2.45, 2.75) is 55.6 Å². The van der Waals surface area contributed by atoms with Gasteiger partial charge in [-0.2, -0.15) is 0 Å². The first-order chi connectivity index (χ1) is 14.9. The van der Waals surface area contributed by atoms with Gasteiger partial charge in [0.25, 0.3) is 5.91 Å². The molecule has 32 heavy (non-hydrogen) atoms. The standard InChI is InChI=1S/C24H24Cl3FN2O2/c1-12-4-5-14(8-13(12)2)19-20(24(19,26)27)22(32)29-15-6-7-18(25)17(9-15)21(31)30-16-10-23(3,28)11-16/h4-9,16,19-20H,10-11H2,1-3H3,(H,29,32)(H,30,31). The molecule has 0 radical (unpaired) electrons. The van der Waals surface area contributed by atoms with Gasteiger partial charge in [0.2, 0.25) is 5.91 Å². The highest BCUT2D eigenvalue weighted by Gasteiger charge is 2.67. The number of anilines is 1. The van der Waals surface area contributed by atoms with Crippen molar-refractivity contribution in [3.8, 4) is 0 Å². The number of carbonyl (C=O) groups excluding carboxylic acids is 2. The zero-order valence-corrected chi connectivity index (χ0v) is 20.2. The van der Waals surface area contributed by atoms with Crippen LogP contribution in [0.5, 0.6) is 0 Å². The van der Waals surface area contributed by atoms with Gasteiger partial charge >= 0.3 is 0 Å². The van der Waals surface area contributed by atoms with Crippen molar-refractivity contribution in [3.05, 3.63) is 63.7 Å². The van der Waals surface area contributed by atoms with Gasteiger partial charge in [-0.15, -0.1) is 23.2 Å². The first kappa shape index (κ1) is 23.3. The number of halogens is 4. The van der Waals surface area contributed by atoms with E-state index in [1.165, 1.54) is 19.1 Å². The fourth-order valence-corrected chi connectivity index (χ4v) is 5.39. The molecular weight excluding hydrogens is 474 g/mol. The number of nitrogens with one attached hydrogen (secondary N) is 2. The second-order valence-corrected chi connectivity index (χ2v) is 11.0. The van der Waals surface area contributed by atoms with Crippen LogP contribution in [0.3, 0.4) is 0 Å². The Morgan fingerprint density at radius 3 is 2.38 bits per heavy atom. The molecule has 2 aliphatic rings. The Labute approximate surface area is 201 Å². The predicted molar refractivity (Wildman–Crippen MR) is 127 cm³/mol. The van der Waals surface area contributed by atoms with Gasteiger partial charge in [-0.1, -0.05) is 29.8 Å². The number of amides is 2. The SMILES string of the molecule is Cc1ccc(C2C(C(=O)Nc3ccc(Cl)c(C(=O)NC4CC(C)(F)C4)c3)C2(Cl)Cl)cc1C. The Morgan fingerprint density at radius 1 is 1.06 bits per heavy atom. The van der Waals surface area contributed by atoms with E-state index in [1.54, 1.807) is 6.07 Å². The van der Waals surface area contributed by atoms with E-state index in [2.05, 4.69) is 10.6 Å². The quantitative estimate of drug-likeness (QED) is 0.490. The van der Waals surface area contributed by atoms with Crippen molar-refractivity contribution in [2.24, 2.45) is 5.92 Å². The van der Waals surface area contributed by atoms with Crippen LogP contribution in [-0.2, 0) is 4.79 Å². The molecule has 4 rings (SSSR count). The molecule has 2 amide bonds. The van der Waals surface area contributed by atoms with Crippen LogP contribution in [0, 0.1) is 19.8 Å². The number of carbonyl (C=O) groups is 2. The lowest BCUT2D eigenvalue weighted by Crippen LogP contribution is -2.51. The monoisotopic (exact) mass is 496 g/mol. The van der Waals surface area contributed by atoms with Gasteiger partial charge in [-0.3, -0.25) is 9.59 Å². The smallest absolute Gasteiger partial charge is 0.253 e. The number of aryl methyl sites for hydroxylation is 2. The Kier molecular flexibility index (Phi) is 5.98. The fraction of sp³-hybridized carbons (Fsp3) is 0.417. The van der Waals surface area contributed by atoms with Crippen molar-refractivity contribution in [2.75, 3.05) is 5.32 Å². The van der Waals surface area contributed by atoms with Crippen molar-refractivity contribution in [1.82, 2.24) is 5.32 Å². The molecule has 0 aliphatic heterocycles. The van der Waals surface area contributed by atoms with Crippen LogP contribution in [-0.4, -0.2) is 27.9 Å². The first-order valence-electron chi connectivity index (χ1n) is 10.4. The Morgan fingerprint density at radius 2 is 1.75 bits per heavy atom. The van der Waals surface area contributed by atoms with E-state index in [-0.39, 0.29) is 41.3 Å². The minimum Gasteiger partial charge on any atom is -0.349 e. The second kappa shape index (κ2) is 8.19. The van der Waals surface area contributed by atoms with Crippen LogP contribution in [0.2, 0.25) is 5.02 Å². The summed E-state index contributed by atoms with van der Waals surface area (Å²) in [5.74, 6) is -1.69. The van der Waals surface area contributed by atoms with E-state index in [0.29, 0.717) is 5.69 Å². The lowest BCUT2D eigenvalue weighted by Gasteiger charge is -2.39. The van der Waals surface area contributed by atoms with E-state index in [1.807, 2.05) is 32.0 Å². The molecule has 2 atom stereocenters. The number of hydrogen-bond acceptors (Lipinski definition) is 2. The Balaban J connectivity index is 1.46. The molecule has 0 bridgehead atoms. The molecule has 2 aliphatic carbocycles. The highest BCUT2D eigenvalue weighted by atomic mass is 35.5. The maximum Gasteiger partial charge on any atom is 0.253 e. The van der Waals surface area contributed by atoms with Crippen molar-refractivity contribution in [1.29, 1.82) is 0 Å². The molecule has 2 aromatic carbocycles. The van der Waals surface area contributed by atoms with Crippen LogP contribution < -0.4 is 10.6 Å². The first-order valence-corrected chi connectivity index (χ1v) is 11.6. The van der Waals surface area contributed by atoms with Crippen LogP contribution in [0.1, 0.15) is 52.7 Å². The summed E-state index contributed by atoms with van der Waals surface area (Å²) >= 11 is 19.1. The molecule has 4 nitrogen and oxygen atoms in total. The maximum absolute atomic E-state index is 13.7. The normalized spacial score (nSPS) is 27.9. The van der Waals surface area contributed by atoms with Gasteiger partial charge in [0, 0.05) is 30.5 Å². The highest BCUT2D eigenvalue weighted by molar-refractivity contribution is 6.53. The molecular formula is C24H24Cl3FN2O2. The Hall–Kier alpha value is -1.82. The topological polar surface area (TPSA) is 58.2 Å². The molecule has 0 saturated heterocycles. The van der Waals surface area contributed by atoms with Crippen molar-refractivity contribution >= 4 is 52.3 Å². The minimum atomic E-state index is -1.25.